The summed E-state index contributed by atoms with van der Waals surface area (Å²) in [4.78, 5) is 24.0. The summed E-state index contributed by atoms with van der Waals surface area (Å²) in [6.07, 6.45) is 8.57. The second-order valence-corrected chi connectivity index (χ2v) is 9.03. The number of para-hydroxylation sites is 1. The summed E-state index contributed by atoms with van der Waals surface area (Å²) in [6, 6.07) is 21.5. The van der Waals surface area contributed by atoms with Gasteiger partial charge < -0.3 is 20.1 Å². The average Bonchev–Trinajstić information content (AvgIpc) is 3.53. The molecule has 2 N–H and O–H groups in total. The fraction of sp³-hybridized carbons (Fsp3) is 0.214. The topological polar surface area (TPSA) is 75.1 Å². The van der Waals surface area contributed by atoms with Crippen molar-refractivity contribution in [3.8, 4) is 5.69 Å². The summed E-state index contributed by atoms with van der Waals surface area (Å²) in [5.74, 6) is -0.0404. The van der Waals surface area contributed by atoms with E-state index in [1.54, 1.807) is 12.4 Å². The second kappa shape index (κ2) is 10.7. The van der Waals surface area contributed by atoms with Crippen LogP contribution in [0.25, 0.3) is 5.69 Å². The predicted octanol–water partition coefficient (Wildman–Crippen LogP) is 4.83. The van der Waals surface area contributed by atoms with Crippen LogP contribution in [0.2, 0.25) is 0 Å². The number of amides is 1. The molecule has 2 atom stereocenters. The van der Waals surface area contributed by atoms with Crippen LogP contribution < -0.4 is 10.6 Å². The van der Waals surface area contributed by atoms with Crippen LogP contribution in [0.1, 0.15) is 42.4 Å². The highest BCUT2D eigenvalue weighted by Crippen LogP contribution is 2.39. The Labute approximate surface area is 216 Å². The molecule has 0 bridgehead atoms. The first-order valence-electron chi connectivity index (χ1n) is 12.1. The minimum absolute atomic E-state index is 0.0404. The maximum atomic E-state index is 12.9. The number of nitrogens with one attached hydrogen (secondary N) is 2. The normalized spacial score (nSPS) is 17.1. The van der Waals surface area contributed by atoms with E-state index in [4.69, 9.17) is 12.2 Å². The molecule has 1 aromatic carbocycles. The number of aryl methyl sites for hydroxylation is 1. The standard InChI is InChI=1S/C28H28N6OS/c1-2-20-9-3-4-11-22(20)31-25(35)14-18-34-27(26(32-28(34)36)23-12-5-6-16-30-23)24-13-8-17-33(24)21-10-7-15-29-19-21/h3-13,15-17,19,26-27H,2,14,18H2,1H3,(H,31,35)(H,32,36)/t26-,27-/m1/s1. The lowest BCUT2D eigenvalue weighted by atomic mass is 10.0. The highest BCUT2D eigenvalue weighted by molar-refractivity contribution is 7.80. The van der Waals surface area contributed by atoms with Crippen molar-refractivity contribution in [3.63, 3.8) is 0 Å². The van der Waals surface area contributed by atoms with Gasteiger partial charge in [-0.1, -0.05) is 31.2 Å². The number of anilines is 1. The first-order chi connectivity index (χ1) is 17.7. The molecule has 0 radical (unpaired) electrons. The van der Waals surface area contributed by atoms with Gasteiger partial charge in [-0.05, 0) is 66.7 Å². The first-order valence-corrected chi connectivity index (χ1v) is 12.5. The van der Waals surface area contributed by atoms with Gasteiger partial charge in [0.1, 0.15) is 0 Å². The second-order valence-electron chi connectivity index (χ2n) is 8.64. The van der Waals surface area contributed by atoms with Gasteiger partial charge in [0.05, 0.1) is 29.7 Å². The minimum atomic E-state index is -0.159. The molecular weight excluding hydrogens is 468 g/mol. The Kier molecular flexibility index (Phi) is 7.04. The zero-order valence-corrected chi connectivity index (χ0v) is 20.9. The Bertz CT molecular complexity index is 1340. The smallest absolute Gasteiger partial charge is 0.226 e. The number of carbonyl (C=O) groups excluding carboxylic acids is 1. The summed E-state index contributed by atoms with van der Waals surface area (Å²) in [7, 11) is 0. The van der Waals surface area contributed by atoms with Crippen LogP contribution in [0.4, 0.5) is 5.69 Å². The van der Waals surface area contributed by atoms with E-state index in [-0.39, 0.29) is 18.0 Å². The van der Waals surface area contributed by atoms with Crippen molar-refractivity contribution in [2.24, 2.45) is 0 Å². The van der Waals surface area contributed by atoms with Gasteiger partial charge in [0.25, 0.3) is 0 Å². The molecule has 182 valence electrons. The Morgan fingerprint density at radius 2 is 1.92 bits per heavy atom. The average molecular weight is 497 g/mol. The number of hydrogen-bond acceptors (Lipinski definition) is 4. The van der Waals surface area contributed by atoms with Crippen molar-refractivity contribution >= 4 is 28.9 Å². The number of thiocarbonyl (C=S) groups is 1. The zero-order chi connectivity index (χ0) is 24.9. The molecule has 0 saturated carbocycles. The molecule has 36 heavy (non-hydrogen) atoms. The van der Waals surface area contributed by atoms with Crippen LogP contribution >= 0.6 is 12.2 Å². The zero-order valence-electron chi connectivity index (χ0n) is 20.0. The lowest BCUT2D eigenvalue weighted by Crippen LogP contribution is -2.33. The molecule has 0 spiro atoms. The van der Waals surface area contributed by atoms with Crippen molar-refractivity contribution in [1.29, 1.82) is 0 Å². The maximum absolute atomic E-state index is 12.9. The van der Waals surface area contributed by atoms with Crippen LogP contribution in [0.5, 0.6) is 0 Å². The van der Waals surface area contributed by atoms with Gasteiger partial charge in [-0.25, -0.2) is 0 Å². The van der Waals surface area contributed by atoms with E-state index in [0.717, 1.165) is 34.7 Å². The largest absolute Gasteiger partial charge is 0.352 e. The van der Waals surface area contributed by atoms with Gasteiger partial charge in [-0.15, -0.1) is 0 Å². The molecule has 5 rings (SSSR count). The van der Waals surface area contributed by atoms with Crippen molar-refractivity contribution in [1.82, 2.24) is 24.8 Å². The molecule has 1 aliphatic heterocycles. The molecule has 0 unspecified atom stereocenters. The molecule has 4 heterocycles. The number of rotatable bonds is 8. The van der Waals surface area contributed by atoms with E-state index in [0.29, 0.717) is 18.1 Å². The Morgan fingerprint density at radius 1 is 1.06 bits per heavy atom. The highest BCUT2D eigenvalue weighted by atomic mass is 32.1. The summed E-state index contributed by atoms with van der Waals surface area (Å²) >= 11 is 5.78. The SMILES string of the molecule is CCc1ccccc1NC(=O)CCN1C(=S)N[C@H](c2ccccn2)[C@H]1c1cccn1-c1cccnc1. The van der Waals surface area contributed by atoms with Crippen molar-refractivity contribution in [3.05, 3.63) is 108 Å². The van der Waals surface area contributed by atoms with Crippen molar-refractivity contribution in [2.75, 3.05) is 11.9 Å². The van der Waals surface area contributed by atoms with Crippen LogP contribution in [0.15, 0.2) is 91.5 Å². The van der Waals surface area contributed by atoms with Crippen LogP contribution in [-0.4, -0.2) is 37.0 Å². The number of nitrogens with zero attached hydrogens (tertiary/aromatic N) is 4. The fourth-order valence-corrected chi connectivity index (χ4v) is 5.05. The van der Waals surface area contributed by atoms with Gasteiger partial charge in [0.15, 0.2) is 5.11 Å². The molecule has 1 saturated heterocycles. The quantitative estimate of drug-likeness (QED) is 0.340. The lowest BCUT2D eigenvalue weighted by Gasteiger charge is -2.28. The molecule has 4 aromatic rings. The third-order valence-corrected chi connectivity index (χ3v) is 6.81. The molecule has 3 aromatic heterocycles. The Hall–Kier alpha value is -4.04. The summed E-state index contributed by atoms with van der Waals surface area (Å²) in [6.45, 7) is 2.55. The van der Waals surface area contributed by atoms with Crippen LogP contribution in [0, 0.1) is 0 Å². The molecule has 8 heteroatoms. The van der Waals surface area contributed by atoms with Crippen molar-refractivity contribution < 1.29 is 4.79 Å². The number of benzene rings is 1. The number of hydrogen-bond donors (Lipinski definition) is 2. The maximum Gasteiger partial charge on any atom is 0.226 e. The fourth-order valence-electron chi connectivity index (χ4n) is 4.72. The summed E-state index contributed by atoms with van der Waals surface area (Å²) < 4.78 is 2.12. The van der Waals surface area contributed by atoms with E-state index in [9.17, 15) is 4.79 Å². The minimum Gasteiger partial charge on any atom is -0.352 e. The molecular formula is C28H28N6OS. The molecule has 1 amide bonds. The van der Waals surface area contributed by atoms with E-state index in [1.165, 1.54) is 0 Å². The van der Waals surface area contributed by atoms with E-state index in [2.05, 4.69) is 43.1 Å². The third-order valence-electron chi connectivity index (χ3n) is 6.46. The van der Waals surface area contributed by atoms with Gasteiger partial charge >= 0.3 is 0 Å². The van der Waals surface area contributed by atoms with Gasteiger partial charge in [-0.3, -0.25) is 14.8 Å². The van der Waals surface area contributed by atoms with Crippen LogP contribution in [-0.2, 0) is 11.2 Å². The van der Waals surface area contributed by atoms with Crippen molar-refractivity contribution in [2.45, 2.75) is 31.8 Å². The van der Waals surface area contributed by atoms with Crippen LogP contribution in [0.3, 0.4) is 0 Å². The molecule has 0 aliphatic carbocycles. The number of pyridine rings is 2. The van der Waals surface area contributed by atoms with E-state index >= 15 is 0 Å². The summed E-state index contributed by atoms with van der Waals surface area (Å²) in [5, 5.41) is 7.15. The summed E-state index contributed by atoms with van der Waals surface area (Å²) in [5.41, 5.74) is 4.88. The van der Waals surface area contributed by atoms with E-state index in [1.807, 2.05) is 73.1 Å². The molecule has 1 aliphatic rings. The predicted molar refractivity (Wildman–Crippen MR) is 145 cm³/mol. The lowest BCUT2D eigenvalue weighted by molar-refractivity contribution is -0.116. The highest BCUT2D eigenvalue weighted by Gasteiger charge is 2.41. The molecule has 7 nitrogen and oxygen atoms in total. The third kappa shape index (κ3) is 4.85. The van der Waals surface area contributed by atoms with E-state index < -0.39 is 0 Å². The van der Waals surface area contributed by atoms with Gasteiger partial charge in [0.2, 0.25) is 5.91 Å². The van der Waals surface area contributed by atoms with Gasteiger partial charge in [0, 0.05) is 42.9 Å². The Balaban J connectivity index is 1.43. The number of aromatic nitrogens is 3. The molecule has 1 fully saturated rings. The first kappa shape index (κ1) is 23.7. The number of carbonyl (C=O) groups is 1. The monoisotopic (exact) mass is 496 g/mol. The Morgan fingerprint density at radius 3 is 2.69 bits per heavy atom. The van der Waals surface area contributed by atoms with Gasteiger partial charge in [-0.2, -0.15) is 0 Å².